The third kappa shape index (κ3) is 11.6. The molecule has 0 radical (unpaired) electrons. The van der Waals surface area contributed by atoms with Crippen molar-refractivity contribution >= 4 is 11.6 Å². The summed E-state index contributed by atoms with van der Waals surface area (Å²) in [5.41, 5.74) is 1.29. The van der Waals surface area contributed by atoms with Crippen molar-refractivity contribution in [3.63, 3.8) is 0 Å². The van der Waals surface area contributed by atoms with E-state index < -0.39 is 0 Å². The molecule has 0 rings (SSSR count). The van der Waals surface area contributed by atoms with Crippen LogP contribution in [-0.2, 0) is 19.1 Å². The lowest BCUT2D eigenvalue weighted by molar-refractivity contribution is -0.116. The second-order valence-electron chi connectivity index (χ2n) is 8.28. The number of rotatable bonds is 18. The number of ether oxygens (including phenoxy) is 2. The van der Waals surface area contributed by atoms with E-state index in [1.54, 1.807) is 13.8 Å². The van der Waals surface area contributed by atoms with Crippen molar-refractivity contribution in [3.8, 4) is 0 Å². The highest BCUT2D eigenvalue weighted by Crippen LogP contribution is 2.28. The molecule has 0 bridgehead atoms. The SMILES string of the molecule is C=C(C)C(=O)CCCCOCC(CC)(CC)COCC(C)CCC(=O)C(=C)C. The number of ketones is 2. The lowest BCUT2D eigenvalue weighted by atomic mass is 9.84. The van der Waals surface area contributed by atoms with Gasteiger partial charge in [-0.05, 0) is 63.0 Å². The van der Waals surface area contributed by atoms with Crippen LogP contribution >= 0.6 is 0 Å². The largest absolute Gasteiger partial charge is 0.381 e. The zero-order valence-electron chi connectivity index (χ0n) is 18.9. The van der Waals surface area contributed by atoms with Gasteiger partial charge in [-0.3, -0.25) is 9.59 Å². The Labute approximate surface area is 172 Å². The maximum absolute atomic E-state index is 11.7. The second kappa shape index (κ2) is 14.7. The Morgan fingerprint density at radius 2 is 1.43 bits per heavy atom. The van der Waals surface area contributed by atoms with E-state index in [0.717, 1.165) is 32.1 Å². The lowest BCUT2D eigenvalue weighted by Crippen LogP contribution is -2.32. The van der Waals surface area contributed by atoms with E-state index in [4.69, 9.17) is 9.47 Å². The van der Waals surface area contributed by atoms with Gasteiger partial charge in [-0.1, -0.05) is 33.9 Å². The molecule has 0 saturated carbocycles. The van der Waals surface area contributed by atoms with Crippen molar-refractivity contribution in [1.29, 1.82) is 0 Å². The summed E-state index contributed by atoms with van der Waals surface area (Å²) in [6, 6.07) is 0. The first-order valence-electron chi connectivity index (χ1n) is 10.7. The van der Waals surface area contributed by atoms with Gasteiger partial charge in [0.25, 0.3) is 0 Å². The summed E-state index contributed by atoms with van der Waals surface area (Å²) in [4.78, 5) is 23.2. The molecule has 1 atom stereocenters. The highest BCUT2D eigenvalue weighted by atomic mass is 16.5. The molecule has 4 heteroatoms. The molecule has 0 aliphatic heterocycles. The van der Waals surface area contributed by atoms with Crippen LogP contribution in [0.15, 0.2) is 24.3 Å². The molecule has 4 nitrogen and oxygen atoms in total. The van der Waals surface area contributed by atoms with Crippen LogP contribution in [0.2, 0.25) is 0 Å². The van der Waals surface area contributed by atoms with Gasteiger partial charge < -0.3 is 9.47 Å². The second-order valence-corrected chi connectivity index (χ2v) is 8.28. The smallest absolute Gasteiger partial charge is 0.157 e. The molecule has 0 aromatic rings. The number of hydrogen-bond acceptors (Lipinski definition) is 4. The summed E-state index contributed by atoms with van der Waals surface area (Å²) < 4.78 is 11.9. The minimum atomic E-state index is 0.0285. The average Bonchev–Trinajstić information content (AvgIpc) is 2.66. The van der Waals surface area contributed by atoms with E-state index in [9.17, 15) is 9.59 Å². The number of carbonyl (C=O) groups excluding carboxylic acids is 2. The number of carbonyl (C=O) groups is 2. The molecule has 0 spiro atoms. The highest BCUT2D eigenvalue weighted by Gasteiger charge is 2.27. The van der Waals surface area contributed by atoms with Crippen molar-refractivity contribution in [2.75, 3.05) is 26.4 Å². The number of hydrogen-bond donors (Lipinski definition) is 0. The van der Waals surface area contributed by atoms with Crippen molar-refractivity contribution < 1.29 is 19.1 Å². The molecule has 0 aromatic heterocycles. The van der Waals surface area contributed by atoms with Crippen LogP contribution in [0.1, 0.15) is 79.6 Å². The first kappa shape index (κ1) is 26.7. The van der Waals surface area contributed by atoms with Gasteiger partial charge >= 0.3 is 0 Å². The Kier molecular flexibility index (Phi) is 14.0. The minimum Gasteiger partial charge on any atom is -0.381 e. The third-order valence-corrected chi connectivity index (χ3v) is 5.48. The molecule has 0 heterocycles. The third-order valence-electron chi connectivity index (χ3n) is 5.48. The van der Waals surface area contributed by atoms with Crippen LogP contribution in [-0.4, -0.2) is 38.0 Å². The van der Waals surface area contributed by atoms with Crippen LogP contribution in [0.25, 0.3) is 0 Å². The Morgan fingerprint density at radius 3 is 1.96 bits per heavy atom. The zero-order chi connectivity index (χ0) is 21.6. The molecule has 0 aliphatic rings. The van der Waals surface area contributed by atoms with Gasteiger partial charge in [0.05, 0.1) is 13.2 Å². The summed E-state index contributed by atoms with van der Waals surface area (Å²) in [6.07, 6.45) is 5.66. The minimum absolute atomic E-state index is 0.0285. The van der Waals surface area contributed by atoms with Gasteiger partial charge in [0.15, 0.2) is 11.6 Å². The molecule has 28 heavy (non-hydrogen) atoms. The fraction of sp³-hybridized carbons (Fsp3) is 0.750. The Bertz CT molecular complexity index is 503. The molecule has 0 fully saturated rings. The quantitative estimate of drug-likeness (QED) is 0.221. The van der Waals surface area contributed by atoms with E-state index in [1.165, 1.54) is 0 Å². The van der Waals surface area contributed by atoms with E-state index in [1.807, 2.05) is 0 Å². The van der Waals surface area contributed by atoms with Crippen LogP contribution < -0.4 is 0 Å². The van der Waals surface area contributed by atoms with Crippen LogP contribution in [0.3, 0.4) is 0 Å². The van der Waals surface area contributed by atoms with Gasteiger partial charge in [0.1, 0.15) is 0 Å². The molecule has 0 aliphatic carbocycles. The van der Waals surface area contributed by atoms with Crippen molar-refractivity contribution in [2.45, 2.75) is 79.6 Å². The molecule has 0 aromatic carbocycles. The monoisotopic (exact) mass is 394 g/mol. The number of unbranched alkanes of at least 4 members (excludes halogenated alkanes) is 1. The Hall–Kier alpha value is -1.26. The first-order valence-corrected chi connectivity index (χ1v) is 10.7. The summed E-state index contributed by atoms with van der Waals surface area (Å²) in [6.45, 7) is 20.1. The van der Waals surface area contributed by atoms with E-state index in [-0.39, 0.29) is 17.0 Å². The normalized spacial score (nSPS) is 12.6. The van der Waals surface area contributed by atoms with E-state index >= 15 is 0 Å². The maximum atomic E-state index is 11.7. The predicted molar refractivity (Wildman–Crippen MR) is 117 cm³/mol. The van der Waals surface area contributed by atoms with Gasteiger partial charge in [-0.15, -0.1) is 0 Å². The Balaban J connectivity index is 4.13. The lowest BCUT2D eigenvalue weighted by Gasteiger charge is -2.31. The average molecular weight is 395 g/mol. The van der Waals surface area contributed by atoms with E-state index in [0.29, 0.717) is 56.3 Å². The van der Waals surface area contributed by atoms with Gasteiger partial charge in [0.2, 0.25) is 0 Å². The number of allylic oxidation sites excluding steroid dienone is 2. The van der Waals surface area contributed by atoms with Gasteiger partial charge in [-0.2, -0.15) is 0 Å². The summed E-state index contributed by atoms with van der Waals surface area (Å²) in [5, 5.41) is 0. The fourth-order valence-corrected chi connectivity index (χ4v) is 2.84. The molecule has 0 saturated heterocycles. The molecule has 0 N–H and O–H groups in total. The van der Waals surface area contributed by atoms with Crippen molar-refractivity contribution in [2.24, 2.45) is 11.3 Å². The standard InChI is InChI=1S/C24H42O4/c1-8-24(9-2,17-27-15-11-10-12-22(25)19(3)4)18-28-16-21(7)13-14-23(26)20(5)6/h21H,3,5,8-18H2,1-2,4,6-7H3. The molecule has 0 amide bonds. The summed E-state index contributed by atoms with van der Waals surface area (Å²) in [5.74, 6) is 0.632. The Morgan fingerprint density at radius 1 is 0.893 bits per heavy atom. The van der Waals surface area contributed by atoms with Crippen molar-refractivity contribution in [3.05, 3.63) is 24.3 Å². The predicted octanol–water partition coefficient (Wildman–Crippen LogP) is 5.70. The van der Waals surface area contributed by atoms with E-state index in [2.05, 4.69) is 33.9 Å². The summed E-state index contributed by atoms with van der Waals surface area (Å²) >= 11 is 0. The maximum Gasteiger partial charge on any atom is 0.157 e. The van der Waals surface area contributed by atoms with Crippen molar-refractivity contribution in [1.82, 2.24) is 0 Å². The van der Waals surface area contributed by atoms with Crippen LogP contribution in [0.4, 0.5) is 0 Å². The van der Waals surface area contributed by atoms with Crippen LogP contribution in [0.5, 0.6) is 0 Å². The van der Waals surface area contributed by atoms with Gasteiger partial charge in [-0.25, -0.2) is 0 Å². The number of Topliss-reactive ketones (excluding diaryl/α,β-unsaturated/α-hetero) is 2. The van der Waals surface area contributed by atoms with Gasteiger partial charge in [0, 0.05) is 31.5 Å². The molecular formula is C24H42O4. The topological polar surface area (TPSA) is 52.6 Å². The van der Waals surface area contributed by atoms with Crippen LogP contribution in [0, 0.1) is 11.3 Å². The summed E-state index contributed by atoms with van der Waals surface area (Å²) in [7, 11) is 0. The molecule has 162 valence electrons. The zero-order valence-corrected chi connectivity index (χ0v) is 18.9. The highest BCUT2D eigenvalue weighted by molar-refractivity contribution is 5.94. The molecular weight excluding hydrogens is 352 g/mol. The molecule has 1 unspecified atom stereocenters. The fourth-order valence-electron chi connectivity index (χ4n) is 2.84. The first-order chi connectivity index (χ1) is 13.2.